The van der Waals surface area contributed by atoms with Gasteiger partial charge in [0.05, 0.1) is 9.95 Å². The third-order valence-corrected chi connectivity index (χ3v) is 1.99. The van der Waals surface area contributed by atoms with Crippen LogP contribution in [-0.2, 0) is 0 Å². The molecule has 5 heteroatoms. The van der Waals surface area contributed by atoms with Crippen molar-refractivity contribution in [2.24, 2.45) is 0 Å². The molecule has 1 aromatic rings. The minimum Gasteiger partial charge on any atom is -0.488 e. The molecule has 0 N–H and O–H groups in total. The Balaban J connectivity index is 2.79. The van der Waals surface area contributed by atoms with E-state index in [1.54, 1.807) is 0 Å². The van der Waals surface area contributed by atoms with Gasteiger partial charge in [-0.15, -0.1) is 0 Å². The van der Waals surface area contributed by atoms with E-state index >= 15 is 0 Å². The van der Waals surface area contributed by atoms with Crippen LogP contribution in [0.2, 0.25) is 5.02 Å². The zero-order chi connectivity index (χ0) is 11.3. The third-order valence-electron chi connectivity index (χ3n) is 1.70. The van der Waals surface area contributed by atoms with E-state index in [4.69, 9.17) is 16.3 Å². The van der Waals surface area contributed by atoms with Gasteiger partial charge in [-0.2, -0.15) is 0 Å². The van der Waals surface area contributed by atoms with Gasteiger partial charge in [-0.3, -0.25) is 10.1 Å². The molecule has 0 atom stereocenters. The summed E-state index contributed by atoms with van der Waals surface area (Å²) in [7, 11) is 0. The standard InChI is InChI=1S/C10H10ClNO3/c1-2-3-6-15-10-5-4-8(12(13)14)7-9(10)11/h2-5,7H,6H2,1H3/b3-2+. The maximum Gasteiger partial charge on any atom is 0.271 e. The Morgan fingerprint density at radius 1 is 1.60 bits per heavy atom. The van der Waals surface area contributed by atoms with Gasteiger partial charge in [0.1, 0.15) is 12.4 Å². The smallest absolute Gasteiger partial charge is 0.271 e. The molecule has 0 saturated heterocycles. The first-order valence-corrected chi connectivity index (χ1v) is 4.71. The van der Waals surface area contributed by atoms with Gasteiger partial charge in [0.25, 0.3) is 5.69 Å². The Bertz CT molecular complexity index is 390. The summed E-state index contributed by atoms with van der Waals surface area (Å²) < 4.78 is 5.27. The SMILES string of the molecule is C/C=C/COc1ccc([N+](=O)[O-])cc1Cl. The number of benzene rings is 1. The van der Waals surface area contributed by atoms with Gasteiger partial charge in [0, 0.05) is 12.1 Å². The predicted molar refractivity (Wildman–Crippen MR) is 58.4 cm³/mol. The topological polar surface area (TPSA) is 52.4 Å². The van der Waals surface area contributed by atoms with E-state index in [0.29, 0.717) is 12.4 Å². The quantitative estimate of drug-likeness (QED) is 0.451. The van der Waals surface area contributed by atoms with Crippen LogP contribution < -0.4 is 4.74 Å². The fourth-order valence-electron chi connectivity index (χ4n) is 0.954. The molecule has 0 radical (unpaired) electrons. The van der Waals surface area contributed by atoms with Gasteiger partial charge in [-0.25, -0.2) is 0 Å². The Kier molecular flexibility index (Phi) is 4.12. The minimum absolute atomic E-state index is 0.0432. The van der Waals surface area contributed by atoms with E-state index in [9.17, 15) is 10.1 Å². The van der Waals surface area contributed by atoms with Crippen LogP contribution >= 0.6 is 11.6 Å². The first-order valence-electron chi connectivity index (χ1n) is 4.33. The average Bonchev–Trinajstić information content (AvgIpc) is 2.20. The Morgan fingerprint density at radius 2 is 2.33 bits per heavy atom. The number of rotatable bonds is 4. The summed E-state index contributed by atoms with van der Waals surface area (Å²) in [4.78, 5) is 9.92. The van der Waals surface area contributed by atoms with Crippen molar-refractivity contribution in [2.45, 2.75) is 6.92 Å². The molecular formula is C10H10ClNO3. The molecule has 1 aromatic carbocycles. The van der Waals surface area contributed by atoms with Crippen LogP contribution in [0.5, 0.6) is 5.75 Å². The molecule has 0 bridgehead atoms. The lowest BCUT2D eigenvalue weighted by Gasteiger charge is -2.04. The lowest BCUT2D eigenvalue weighted by molar-refractivity contribution is -0.384. The van der Waals surface area contributed by atoms with Crippen molar-refractivity contribution in [3.05, 3.63) is 45.5 Å². The molecule has 0 aliphatic rings. The summed E-state index contributed by atoms with van der Waals surface area (Å²) in [6.45, 7) is 2.27. The number of nitro benzene ring substituents is 1. The maximum atomic E-state index is 10.4. The van der Waals surface area contributed by atoms with Crippen molar-refractivity contribution in [2.75, 3.05) is 6.61 Å². The van der Waals surface area contributed by atoms with Crippen molar-refractivity contribution in [3.8, 4) is 5.75 Å². The zero-order valence-corrected chi connectivity index (χ0v) is 8.90. The van der Waals surface area contributed by atoms with Crippen molar-refractivity contribution in [3.63, 3.8) is 0 Å². The molecule has 80 valence electrons. The molecule has 0 aromatic heterocycles. The maximum absolute atomic E-state index is 10.4. The zero-order valence-electron chi connectivity index (χ0n) is 8.14. The monoisotopic (exact) mass is 227 g/mol. The van der Waals surface area contributed by atoms with Gasteiger partial charge in [0.15, 0.2) is 0 Å². The molecule has 1 rings (SSSR count). The van der Waals surface area contributed by atoms with E-state index in [1.807, 2.05) is 19.1 Å². The van der Waals surface area contributed by atoms with E-state index in [1.165, 1.54) is 18.2 Å². The molecule has 0 spiro atoms. The number of nitro groups is 1. The second-order valence-corrected chi connectivity index (χ2v) is 3.16. The summed E-state index contributed by atoms with van der Waals surface area (Å²) in [5, 5.41) is 10.7. The molecule has 0 aliphatic heterocycles. The molecule has 4 nitrogen and oxygen atoms in total. The fraction of sp³-hybridized carbons (Fsp3) is 0.200. The number of halogens is 1. The third kappa shape index (κ3) is 3.25. The number of allylic oxidation sites excluding steroid dienone is 1. The Morgan fingerprint density at radius 3 is 2.87 bits per heavy atom. The van der Waals surface area contributed by atoms with E-state index in [-0.39, 0.29) is 10.7 Å². The first-order chi connectivity index (χ1) is 7.15. The van der Waals surface area contributed by atoms with E-state index < -0.39 is 4.92 Å². The van der Waals surface area contributed by atoms with E-state index in [2.05, 4.69) is 0 Å². The van der Waals surface area contributed by atoms with Crippen LogP contribution in [0.4, 0.5) is 5.69 Å². The van der Waals surface area contributed by atoms with Gasteiger partial charge >= 0.3 is 0 Å². The van der Waals surface area contributed by atoms with Crippen LogP contribution in [-0.4, -0.2) is 11.5 Å². The molecule has 0 unspecified atom stereocenters. The molecule has 0 saturated carbocycles. The lowest BCUT2D eigenvalue weighted by atomic mass is 10.3. The van der Waals surface area contributed by atoms with Crippen molar-refractivity contribution in [1.82, 2.24) is 0 Å². The largest absolute Gasteiger partial charge is 0.488 e. The highest BCUT2D eigenvalue weighted by molar-refractivity contribution is 6.32. The number of hydrogen-bond donors (Lipinski definition) is 0. The first kappa shape index (κ1) is 11.5. The minimum atomic E-state index is -0.498. The van der Waals surface area contributed by atoms with Crippen LogP contribution in [0.3, 0.4) is 0 Å². The highest BCUT2D eigenvalue weighted by Crippen LogP contribution is 2.28. The number of hydrogen-bond acceptors (Lipinski definition) is 3. The number of non-ortho nitro benzene ring substituents is 1. The van der Waals surface area contributed by atoms with Gasteiger partial charge in [-0.05, 0) is 13.0 Å². The second kappa shape index (κ2) is 5.36. The molecule has 0 amide bonds. The van der Waals surface area contributed by atoms with Crippen molar-refractivity contribution < 1.29 is 9.66 Å². The fourth-order valence-corrected chi connectivity index (χ4v) is 1.18. The lowest BCUT2D eigenvalue weighted by Crippen LogP contribution is -1.95. The summed E-state index contributed by atoms with van der Waals surface area (Å²) in [6, 6.07) is 4.12. The molecule has 0 heterocycles. The molecular weight excluding hydrogens is 218 g/mol. The van der Waals surface area contributed by atoms with Crippen LogP contribution in [0.1, 0.15) is 6.92 Å². The normalized spacial score (nSPS) is 10.5. The average molecular weight is 228 g/mol. The van der Waals surface area contributed by atoms with Gasteiger partial charge < -0.3 is 4.74 Å². The van der Waals surface area contributed by atoms with E-state index in [0.717, 1.165) is 0 Å². The highest BCUT2D eigenvalue weighted by Gasteiger charge is 2.09. The second-order valence-electron chi connectivity index (χ2n) is 2.75. The van der Waals surface area contributed by atoms with Crippen LogP contribution in [0.15, 0.2) is 30.4 Å². The van der Waals surface area contributed by atoms with Gasteiger partial charge in [-0.1, -0.05) is 23.8 Å². The number of nitrogens with zero attached hydrogens (tertiary/aromatic N) is 1. The summed E-state index contributed by atoms with van der Waals surface area (Å²) in [5.41, 5.74) is -0.0432. The molecule has 0 aliphatic carbocycles. The van der Waals surface area contributed by atoms with Crippen molar-refractivity contribution >= 4 is 17.3 Å². The number of ether oxygens (including phenoxy) is 1. The highest BCUT2D eigenvalue weighted by atomic mass is 35.5. The Labute approximate surface area is 92.3 Å². The Hall–Kier alpha value is -1.55. The molecule has 0 fully saturated rings. The van der Waals surface area contributed by atoms with Crippen LogP contribution in [0.25, 0.3) is 0 Å². The summed E-state index contributed by atoms with van der Waals surface area (Å²) >= 11 is 5.80. The van der Waals surface area contributed by atoms with Crippen molar-refractivity contribution in [1.29, 1.82) is 0 Å². The van der Waals surface area contributed by atoms with Gasteiger partial charge in [0.2, 0.25) is 0 Å². The predicted octanol–water partition coefficient (Wildman–Crippen LogP) is 3.20. The summed E-state index contributed by atoms with van der Waals surface area (Å²) in [6.07, 6.45) is 3.66. The summed E-state index contributed by atoms with van der Waals surface area (Å²) in [5.74, 6) is 0.445. The molecule has 15 heavy (non-hydrogen) atoms. The van der Waals surface area contributed by atoms with Crippen LogP contribution in [0, 0.1) is 10.1 Å².